The Labute approximate surface area is 125 Å². The fourth-order valence-electron chi connectivity index (χ4n) is 1.66. The van der Waals surface area contributed by atoms with Gasteiger partial charge in [0, 0.05) is 25.1 Å². The van der Waals surface area contributed by atoms with Crippen LogP contribution in [0, 0.1) is 20.2 Å². The molecule has 124 valence electrons. The Morgan fingerprint density at radius 2 is 1.87 bits per heavy atom. The van der Waals surface area contributed by atoms with Crippen molar-refractivity contribution >= 4 is 22.7 Å². The molecule has 0 bridgehead atoms. The number of nitrogens with one attached hydrogen (secondary N) is 1. The topological polar surface area (TPSA) is 150 Å². The summed E-state index contributed by atoms with van der Waals surface area (Å²) < 4.78 is 39.0. The van der Waals surface area contributed by atoms with Gasteiger partial charge in [-0.05, 0) is 5.53 Å². The van der Waals surface area contributed by atoms with Gasteiger partial charge in [-0.25, -0.2) is 5.01 Å². The van der Waals surface area contributed by atoms with E-state index in [1.807, 2.05) is 0 Å². The Kier molecular flexibility index (Phi) is 4.93. The molecule has 0 saturated heterocycles. The Morgan fingerprint density at radius 3 is 2.22 bits per heavy atom. The van der Waals surface area contributed by atoms with Crippen molar-refractivity contribution in [2.75, 3.05) is 19.5 Å². The summed E-state index contributed by atoms with van der Waals surface area (Å²) in [5, 5.41) is 25.9. The summed E-state index contributed by atoms with van der Waals surface area (Å²) in [4.78, 5) is 21.7. The smallest absolute Gasteiger partial charge is 0.308 e. The van der Waals surface area contributed by atoms with Gasteiger partial charge in [0.1, 0.15) is 5.69 Å². The van der Waals surface area contributed by atoms with E-state index in [-0.39, 0.29) is 6.07 Å². The zero-order valence-corrected chi connectivity index (χ0v) is 11.5. The van der Waals surface area contributed by atoms with Crippen LogP contribution in [0.1, 0.15) is 5.56 Å². The lowest BCUT2D eigenvalue weighted by Gasteiger charge is -2.17. The molecule has 0 aromatic heterocycles. The molecule has 0 fully saturated rings. The number of halogens is 3. The van der Waals surface area contributed by atoms with Gasteiger partial charge in [0.25, 0.3) is 0 Å². The minimum absolute atomic E-state index is 0.0723. The third-order valence-electron chi connectivity index (χ3n) is 2.42. The molecule has 14 heteroatoms. The highest BCUT2D eigenvalue weighted by Crippen LogP contribution is 2.49. The number of rotatable bonds is 5. The molecule has 0 unspecified atom stereocenters. The molecule has 1 N–H and O–H groups in total. The molecule has 0 aliphatic heterocycles. The highest BCUT2D eigenvalue weighted by atomic mass is 19.4. The maximum Gasteiger partial charge on any atom is 0.417 e. The van der Waals surface area contributed by atoms with E-state index in [2.05, 4.69) is 15.5 Å². The summed E-state index contributed by atoms with van der Waals surface area (Å²) in [6, 6.07) is 0.0723. The summed E-state index contributed by atoms with van der Waals surface area (Å²) in [6.07, 6.45) is -5.20. The summed E-state index contributed by atoms with van der Waals surface area (Å²) in [5.74, 6) is 0. The lowest BCUT2D eigenvalue weighted by Crippen LogP contribution is -2.22. The largest absolute Gasteiger partial charge is 0.417 e. The fraction of sp³-hybridized carbons (Fsp3) is 0.333. The summed E-state index contributed by atoms with van der Waals surface area (Å²) in [5.41, 5.74) is 4.04. The number of nitro groups is 2. The Bertz CT molecular complexity index is 712. The number of azide groups is 1. The highest BCUT2D eigenvalue weighted by Gasteiger charge is 2.42. The zero-order valence-electron chi connectivity index (χ0n) is 11.5. The lowest BCUT2D eigenvalue weighted by atomic mass is 10.1. The molecule has 1 aromatic rings. The Hall–Kier alpha value is -3.12. The second-order valence-corrected chi connectivity index (χ2v) is 4.22. The van der Waals surface area contributed by atoms with Gasteiger partial charge in [-0.1, -0.05) is 5.11 Å². The number of hydrazine groups is 1. The van der Waals surface area contributed by atoms with Gasteiger partial charge in [0.2, 0.25) is 5.69 Å². The lowest BCUT2D eigenvalue weighted by molar-refractivity contribution is -0.392. The molecular weight excluding hydrogens is 327 g/mol. The Morgan fingerprint density at radius 1 is 1.30 bits per heavy atom. The van der Waals surface area contributed by atoms with Crippen LogP contribution in [-0.4, -0.2) is 29.0 Å². The van der Waals surface area contributed by atoms with E-state index < -0.39 is 44.3 Å². The van der Waals surface area contributed by atoms with Crippen LogP contribution in [0.3, 0.4) is 0 Å². The maximum atomic E-state index is 13.0. The van der Waals surface area contributed by atoms with E-state index in [0.29, 0.717) is 0 Å². The second-order valence-electron chi connectivity index (χ2n) is 4.22. The molecule has 0 spiro atoms. The molecule has 1 aromatic carbocycles. The third-order valence-corrected chi connectivity index (χ3v) is 2.42. The van der Waals surface area contributed by atoms with Gasteiger partial charge < -0.3 is 5.43 Å². The molecule has 11 nitrogen and oxygen atoms in total. The molecule has 0 heterocycles. The van der Waals surface area contributed by atoms with Gasteiger partial charge in [0.15, 0.2) is 0 Å². The SMILES string of the molecule is CN(C)Nc1c([N+](=O)[O-])cc(C(F)(F)F)c(N=[N+]=[N-])c1[N+](=O)[O-]. The van der Waals surface area contributed by atoms with E-state index in [1.54, 1.807) is 0 Å². The minimum Gasteiger partial charge on any atom is -0.308 e. The van der Waals surface area contributed by atoms with Gasteiger partial charge in [-0.2, -0.15) is 13.2 Å². The number of alkyl halides is 3. The van der Waals surface area contributed by atoms with Gasteiger partial charge >= 0.3 is 17.6 Å². The highest BCUT2D eigenvalue weighted by molar-refractivity contribution is 5.84. The van der Waals surface area contributed by atoms with E-state index in [4.69, 9.17) is 5.53 Å². The van der Waals surface area contributed by atoms with E-state index in [1.165, 1.54) is 14.1 Å². The molecule has 0 aliphatic rings. The average molecular weight is 335 g/mol. The number of benzene rings is 1. The zero-order chi connectivity index (χ0) is 17.9. The van der Waals surface area contributed by atoms with Crippen molar-refractivity contribution in [3.8, 4) is 0 Å². The quantitative estimate of drug-likeness (QED) is 0.286. The van der Waals surface area contributed by atoms with Crippen molar-refractivity contribution in [3.63, 3.8) is 0 Å². The van der Waals surface area contributed by atoms with Crippen molar-refractivity contribution in [3.05, 3.63) is 42.3 Å². The first-order valence-electron chi connectivity index (χ1n) is 5.56. The summed E-state index contributed by atoms with van der Waals surface area (Å²) >= 11 is 0. The standard InChI is InChI=1S/C9H8F3N7O4/c1-17(2)15-7-5(18(20)21)3-4(9(10,11)12)6(14-16-13)8(7)19(22)23/h3,15H,1-2H3. The molecule has 1 rings (SSSR count). The minimum atomic E-state index is -5.20. The van der Waals surface area contributed by atoms with Crippen LogP contribution in [0.15, 0.2) is 11.2 Å². The Balaban J connectivity index is 4.03. The monoisotopic (exact) mass is 335 g/mol. The normalized spacial score (nSPS) is 11.0. The predicted molar refractivity (Wildman–Crippen MR) is 70.9 cm³/mol. The van der Waals surface area contributed by atoms with E-state index in [9.17, 15) is 33.4 Å². The van der Waals surface area contributed by atoms with Crippen molar-refractivity contribution in [1.82, 2.24) is 5.01 Å². The first-order chi connectivity index (χ1) is 10.5. The van der Waals surface area contributed by atoms with Crippen LogP contribution in [0.25, 0.3) is 10.4 Å². The van der Waals surface area contributed by atoms with Crippen LogP contribution < -0.4 is 5.43 Å². The number of hydrogen-bond donors (Lipinski definition) is 1. The third kappa shape index (κ3) is 3.75. The van der Waals surface area contributed by atoms with E-state index >= 15 is 0 Å². The maximum absolute atomic E-state index is 13.0. The van der Waals surface area contributed by atoms with Crippen LogP contribution in [0.4, 0.5) is 35.9 Å². The number of nitro benzene ring substituents is 2. The fourth-order valence-corrected chi connectivity index (χ4v) is 1.66. The number of anilines is 1. The van der Waals surface area contributed by atoms with Gasteiger partial charge in [-0.3, -0.25) is 20.2 Å². The predicted octanol–water partition coefficient (Wildman–Crippen LogP) is 3.35. The van der Waals surface area contributed by atoms with Crippen LogP contribution in [0.5, 0.6) is 0 Å². The van der Waals surface area contributed by atoms with Gasteiger partial charge in [0.05, 0.1) is 15.4 Å². The number of hydrogen-bond acceptors (Lipinski definition) is 7. The summed E-state index contributed by atoms with van der Waals surface area (Å²) in [7, 11) is 2.61. The first kappa shape index (κ1) is 17.9. The molecular formula is C9H8F3N7O4. The summed E-state index contributed by atoms with van der Waals surface area (Å²) in [6.45, 7) is 0. The molecule has 0 atom stereocenters. The van der Waals surface area contributed by atoms with E-state index in [0.717, 1.165) is 5.01 Å². The molecule has 23 heavy (non-hydrogen) atoms. The molecule has 0 radical (unpaired) electrons. The van der Waals surface area contributed by atoms with Crippen molar-refractivity contribution in [2.45, 2.75) is 6.18 Å². The van der Waals surface area contributed by atoms with Crippen LogP contribution >= 0.6 is 0 Å². The van der Waals surface area contributed by atoms with Crippen LogP contribution in [-0.2, 0) is 6.18 Å². The van der Waals surface area contributed by atoms with Crippen molar-refractivity contribution in [1.29, 1.82) is 0 Å². The molecule has 0 saturated carbocycles. The van der Waals surface area contributed by atoms with Crippen molar-refractivity contribution in [2.24, 2.45) is 5.11 Å². The van der Waals surface area contributed by atoms with Gasteiger partial charge in [-0.15, -0.1) is 0 Å². The molecule has 0 amide bonds. The number of nitrogens with zero attached hydrogens (tertiary/aromatic N) is 6. The average Bonchev–Trinajstić information content (AvgIpc) is 2.35. The van der Waals surface area contributed by atoms with Crippen molar-refractivity contribution < 1.29 is 23.0 Å². The second kappa shape index (κ2) is 6.33. The van der Waals surface area contributed by atoms with Crippen LogP contribution in [0.2, 0.25) is 0 Å². The first-order valence-corrected chi connectivity index (χ1v) is 5.56. The molecule has 0 aliphatic carbocycles.